The molecular formula is C10H18N4O9Si. The van der Waals surface area contributed by atoms with E-state index in [4.69, 9.17) is 4.43 Å². The maximum absolute atomic E-state index is 10.7. The maximum atomic E-state index is 10.7. The molecule has 0 bridgehead atoms. The summed E-state index contributed by atoms with van der Waals surface area (Å²) in [4.78, 5) is 39.0. The van der Waals surface area contributed by atoms with Crippen molar-refractivity contribution in [3.05, 3.63) is 40.5 Å². The second kappa shape index (κ2) is 8.58. The highest BCUT2D eigenvalue weighted by atomic mass is 28.4. The first-order valence-corrected chi connectivity index (χ1v) is 9.89. The number of hydrogen-bond donors (Lipinski definition) is 0. The van der Waals surface area contributed by atoms with Gasteiger partial charge in [0.2, 0.25) is 0 Å². The van der Waals surface area contributed by atoms with Gasteiger partial charge in [0.25, 0.3) is 0 Å². The molecule has 14 heteroatoms. The lowest BCUT2D eigenvalue weighted by Crippen LogP contribution is -2.44. The van der Waals surface area contributed by atoms with Gasteiger partial charge in [-0.2, -0.15) is 0 Å². The summed E-state index contributed by atoms with van der Waals surface area (Å²) in [7, 11) is -2.71. The van der Waals surface area contributed by atoms with Crippen LogP contribution in [0.5, 0.6) is 0 Å². The minimum absolute atomic E-state index is 0.0851. The van der Waals surface area contributed by atoms with Crippen LogP contribution in [0.1, 0.15) is 25.7 Å². The molecule has 0 spiro atoms. The average molecular weight is 366 g/mol. The number of hydrogen-bond acceptors (Lipinski definition) is 9. The van der Waals surface area contributed by atoms with Crippen molar-refractivity contribution in [1.29, 1.82) is 0 Å². The van der Waals surface area contributed by atoms with E-state index < -0.39 is 40.3 Å². The molecule has 0 aromatic rings. The van der Waals surface area contributed by atoms with Gasteiger partial charge in [0.1, 0.15) is 0 Å². The van der Waals surface area contributed by atoms with Crippen LogP contribution in [0.4, 0.5) is 0 Å². The van der Waals surface area contributed by atoms with Crippen molar-refractivity contribution in [2.75, 3.05) is 6.61 Å². The summed E-state index contributed by atoms with van der Waals surface area (Å²) >= 11 is 0. The van der Waals surface area contributed by atoms with Crippen molar-refractivity contribution in [2.24, 2.45) is 0 Å². The summed E-state index contributed by atoms with van der Waals surface area (Å²) < 4.78 is 5.73. The second-order valence-corrected chi connectivity index (χ2v) is 9.82. The largest absolute Gasteiger partial charge is 0.450 e. The molecule has 1 heterocycles. The van der Waals surface area contributed by atoms with Crippen LogP contribution in [0.3, 0.4) is 0 Å². The van der Waals surface area contributed by atoms with E-state index in [0.717, 1.165) is 12.8 Å². The minimum Gasteiger partial charge on any atom is -0.417 e. The van der Waals surface area contributed by atoms with Crippen molar-refractivity contribution in [1.82, 2.24) is 0 Å². The van der Waals surface area contributed by atoms with Crippen LogP contribution in [-0.4, -0.2) is 46.9 Å². The Kier molecular flexibility index (Phi) is 7.09. The fraction of sp³-hybridized carbons (Fsp3) is 1.00. The van der Waals surface area contributed by atoms with Gasteiger partial charge < -0.3 is 4.43 Å². The molecule has 1 aliphatic heterocycles. The monoisotopic (exact) mass is 366 g/mol. The Labute approximate surface area is 136 Å². The highest BCUT2D eigenvalue weighted by Crippen LogP contribution is 2.33. The predicted octanol–water partition coefficient (Wildman–Crippen LogP) is 1.28. The van der Waals surface area contributed by atoms with Crippen molar-refractivity contribution in [2.45, 2.75) is 56.1 Å². The summed E-state index contributed by atoms with van der Waals surface area (Å²) in [5, 5.41) is 42.9. The van der Waals surface area contributed by atoms with Gasteiger partial charge in [0, 0.05) is 6.61 Å². The quantitative estimate of drug-likeness (QED) is 0.238. The molecule has 24 heavy (non-hydrogen) atoms. The van der Waals surface area contributed by atoms with E-state index in [9.17, 15) is 40.5 Å². The highest BCUT2D eigenvalue weighted by Gasteiger charge is 2.44. The van der Waals surface area contributed by atoms with Crippen LogP contribution in [0.25, 0.3) is 0 Å². The van der Waals surface area contributed by atoms with Crippen molar-refractivity contribution in [3.63, 3.8) is 0 Å². The van der Waals surface area contributed by atoms with Gasteiger partial charge in [-0.3, -0.25) is 40.5 Å². The molecule has 0 N–H and O–H groups in total. The molecule has 1 fully saturated rings. The summed E-state index contributed by atoms with van der Waals surface area (Å²) in [6, 6.07) is 0.709. The zero-order chi connectivity index (χ0) is 18.3. The van der Waals surface area contributed by atoms with Crippen LogP contribution >= 0.6 is 0 Å². The highest BCUT2D eigenvalue weighted by molar-refractivity contribution is 6.73. The third-order valence-corrected chi connectivity index (χ3v) is 8.61. The van der Waals surface area contributed by atoms with E-state index in [1.54, 1.807) is 0 Å². The fourth-order valence-corrected chi connectivity index (χ4v) is 7.01. The molecule has 0 aliphatic carbocycles. The average Bonchev–Trinajstić information content (AvgIpc) is 2.47. The smallest absolute Gasteiger partial charge is 0.417 e. The molecule has 1 rings (SSSR count). The van der Waals surface area contributed by atoms with E-state index in [1.807, 2.05) is 0 Å². The normalized spacial score (nSPS) is 16.9. The molecule has 0 unspecified atom stereocenters. The van der Waals surface area contributed by atoms with Gasteiger partial charge >= 0.3 is 12.3 Å². The molecule has 13 nitrogen and oxygen atoms in total. The topological polar surface area (TPSA) is 182 Å². The first-order valence-electron chi connectivity index (χ1n) is 7.36. The van der Waals surface area contributed by atoms with Crippen LogP contribution < -0.4 is 0 Å². The first-order chi connectivity index (χ1) is 11.2. The number of rotatable bonds is 10. The summed E-state index contributed by atoms with van der Waals surface area (Å²) in [6.45, 7) is 0.370. The third-order valence-electron chi connectivity index (χ3n) is 4.12. The zero-order valence-electron chi connectivity index (χ0n) is 12.8. The molecule has 0 saturated carbocycles. The van der Waals surface area contributed by atoms with Crippen molar-refractivity contribution in [3.8, 4) is 0 Å². The Balaban J connectivity index is 2.79. The zero-order valence-corrected chi connectivity index (χ0v) is 13.8. The van der Waals surface area contributed by atoms with Gasteiger partial charge in [0.15, 0.2) is 8.32 Å². The van der Waals surface area contributed by atoms with Crippen LogP contribution in [0.2, 0.25) is 18.1 Å². The molecule has 0 amide bonds. The lowest BCUT2D eigenvalue weighted by atomic mass is 10.3. The van der Waals surface area contributed by atoms with Crippen LogP contribution in [0, 0.1) is 40.5 Å². The molecule has 0 aromatic heterocycles. The van der Waals surface area contributed by atoms with Crippen LogP contribution in [-0.2, 0) is 4.43 Å². The molecule has 1 aliphatic rings. The summed E-state index contributed by atoms with van der Waals surface area (Å²) in [5.41, 5.74) is 0. The summed E-state index contributed by atoms with van der Waals surface area (Å²) in [6.07, 6.45) is -3.09. The van der Waals surface area contributed by atoms with E-state index in [0.29, 0.717) is 12.7 Å². The fourth-order valence-electron chi connectivity index (χ4n) is 2.79. The maximum Gasteiger partial charge on any atom is 0.450 e. The molecule has 0 radical (unpaired) electrons. The first kappa shape index (κ1) is 19.8. The Hall–Kier alpha value is -2.22. The lowest BCUT2D eigenvalue weighted by molar-refractivity contribution is -0.742. The SMILES string of the molecule is O=[N+]([O-])C(CC[Si]1(CCC([N+](=O)[O-])[N+](=O)[O-])CCCCO1)[N+](=O)[O-]. The molecule has 136 valence electrons. The van der Waals surface area contributed by atoms with Gasteiger partial charge in [-0.25, -0.2) is 0 Å². The summed E-state index contributed by atoms with van der Waals surface area (Å²) in [5.74, 6) is 0. The Morgan fingerprint density at radius 3 is 1.50 bits per heavy atom. The lowest BCUT2D eigenvalue weighted by Gasteiger charge is -2.34. The number of nitrogens with zero attached hydrogens (tertiary/aromatic N) is 4. The molecular weight excluding hydrogens is 348 g/mol. The van der Waals surface area contributed by atoms with Gasteiger partial charge in [0.05, 0.1) is 32.5 Å². The van der Waals surface area contributed by atoms with Crippen molar-refractivity contribution >= 4 is 8.32 Å². The predicted molar refractivity (Wildman–Crippen MR) is 80.1 cm³/mol. The molecule has 0 aromatic carbocycles. The van der Waals surface area contributed by atoms with E-state index >= 15 is 0 Å². The molecule has 0 atom stereocenters. The van der Waals surface area contributed by atoms with E-state index in [1.165, 1.54) is 0 Å². The Morgan fingerprint density at radius 1 is 0.792 bits per heavy atom. The van der Waals surface area contributed by atoms with Gasteiger partial charge in [-0.15, -0.1) is 0 Å². The standard InChI is InChI=1S/C10H18N4O9Si/c15-11(16)9(12(17)18)3-7-24(6-2-1-5-23-24)8-4-10(13(19)20)14(21)22/h9-10H,1-8H2. The number of nitro groups is 4. The van der Waals surface area contributed by atoms with Gasteiger partial charge in [-0.1, -0.05) is 6.42 Å². The third kappa shape index (κ3) is 5.45. The Bertz CT molecular complexity index is 445. The van der Waals surface area contributed by atoms with E-state index in [2.05, 4.69) is 0 Å². The second-order valence-electron chi connectivity index (χ2n) is 5.67. The van der Waals surface area contributed by atoms with Crippen molar-refractivity contribution < 1.29 is 24.1 Å². The van der Waals surface area contributed by atoms with E-state index in [-0.39, 0.29) is 24.9 Å². The minimum atomic E-state index is -2.71. The van der Waals surface area contributed by atoms with Crippen LogP contribution in [0.15, 0.2) is 0 Å². The molecule has 1 saturated heterocycles. The van der Waals surface area contributed by atoms with Gasteiger partial charge in [-0.05, 0) is 24.6 Å². The Morgan fingerprint density at radius 2 is 1.21 bits per heavy atom.